The molecule has 1 N–H and O–H groups in total. The molecule has 26 heavy (non-hydrogen) atoms. The average molecular weight is 364 g/mol. The van der Waals surface area contributed by atoms with Crippen molar-refractivity contribution in [3.63, 3.8) is 0 Å². The molecule has 0 bridgehead atoms. The summed E-state index contributed by atoms with van der Waals surface area (Å²) in [4.78, 5) is 16.9. The number of hydrogen-bond acceptors (Lipinski definition) is 2. The number of nitrogens with zero attached hydrogens (tertiary/aromatic N) is 1. The Morgan fingerprint density at radius 2 is 1.46 bits per heavy atom. The van der Waals surface area contributed by atoms with E-state index in [1.54, 1.807) is 28.8 Å². The van der Waals surface area contributed by atoms with Crippen molar-refractivity contribution in [2.24, 2.45) is 0 Å². The summed E-state index contributed by atoms with van der Waals surface area (Å²) in [5.74, 6) is -0.289. The van der Waals surface area contributed by atoms with Crippen LogP contribution in [0.3, 0.4) is 0 Å². The number of anilines is 2. The van der Waals surface area contributed by atoms with E-state index in [2.05, 4.69) is 5.32 Å². The van der Waals surface area contributed by atoms with Crippen LogP contribution < -0.4 is 10.2 Å². The summed E-state index contributed by atoms with van der Waals surface area (Å²) in [6.07, 6.45) is 0. The maximum atomic E-state index is 13.1. The van der Waals surface area contributed by atoms with Crippen LogP contribution in [0.15, 0.2) is 82.6 Å². The summed E-state index contributed by atoms with van der Waals surface area (Å²) in [7, 11) is 0. The molecule has 0 aliphatic carbocycles. The molecule has 3 aromatic rings. The summed E-state index contributed by atoms with van der Waals surface area (Å²) < 4.78 is 13.1. The molecule has 1 aliphatic rings. The highest BCUT2D eigenvalue weighted by molar-refractivity contribution is 7.99. The molecule has 0 radical (unpaired) electrons. The lowest BCUT2D eigenvalue weighted by Crippen LogP contribution is -2.39. The van der Waals surface area contributed by atoms with Gasteiger partial charge < -0.3 is 5.32 Å². The first-order valence-electron chi connectivity index (χ1n) is 8.35. The summed E-state index contributed by atoms with van der Waals surface area (Å²) >= 11 is 1.66. The molecule has 0 spiro atoms. The van der Waals surface area contributed by atoms with Crippen molar-refractivity contribution < 1.29 is 9.18 Å². The SMILES string of the molecule is C[C@H](NC(=O)N1c2ccccc2Sc2ccccc21)c1ccc(F)cc1. The maximum Gasteiger partial charge on any atom is 0.327 e. The van der Waals surface area contributed by atoms with Gasteiger partial charge in [0.05, 0.1) is 17.4 Å². The molecule has 1 aliphatic heterocycles. The largest absolute Gasteiger partial charge is 0.331 e. The molecular formula is C21H17FN2OS. The third-order valence-corrected chi connectivity index (χ3v) is 5.48. The van der Waals surface area contributed by atoms with Crippen LogP contribution in [0.4, 0.5) is 20.6 Å². The molecule has 0 aromatic heterocycles. The van der Waals surface area contributed by atoms with E-state index < -0.39 is 0 Å². The van der Waals surface area contributed by atoms with E-state index in [0.29, 0.717) is 0 Å². The number of carbonyl (C=O) groups is 1. The zero-order valence-corrected chi connectivity index (χ0v) is 15.0. The molecule has 0 unspecified atom stereocenters. The summed E-state index contributed by atoms with van der Waals surface area (Å²) in [5.41, 5.74) is 2.58. The van der Waals surface area contributed by atoms with Gasteiger partial charge >= 0.3 is 6.03 Å². The summed E-state index contributed by atoms with van der Waals surface area (Å²) in [5, 5.41) is 3.02. The molecule has 130 valence electrons. The maximum absolute atomic E-state index is 13.1. The second-order valence-corrected chi connectivity index (χ2v) is 7.18. The minimum atomic E-state index is -0.289. The number of benzene rings is 3. The van der Waals surface area contributed by atoms with Crippen LogP contribution in [0.5, 0.6) is 0 Å². The summed E-state index contributed by atoms with van der Waals surface area (Å²) in [6, 6.07) is 21.4. The number of halogens is 1. The van der Waals surface area contributed by atoms with Gasteiger partial charge in [-0.3, -0.25) is 4.90 Å². The number of para-hydroxylation sites is 2. The molecule has 0 saturated heterocycles. The van der Waals surface area contributed by atoms with Crippen LogP contribution in [-0.2, 0) is 0 Å². The van der Waals surface area contributed by atoms with Crippen molar-refractivity contribution in [1.82, 2.24) is 5.32 Å². The highest BCUT2D eigenvalue weighted by atomic mass is 32.2. The van der Waals surface area contributed by atoms with Crippen molar-refractivity contribution in [3.05, 3.63) is 84.2 Å². The van der Waals surface area contributed by atoms with Gasteiger partial charge in [-0.25, -0.2) is 9.18 Å². The quantitative estimate of drug-likeness (QED) is 0.614. The van der Waals surface area contributed by atoms with Crippen molar-refractivity contribution >= 4 is 29.2 Å². The number of amides is 2. The van der Waals surface area contributed by atoms with Gasteiger partial charge in [0.1, 0.15) is 5.82 Å². The van der Waals surface area contributed by atoms with Crippen molar-refractivity contribution in [3.8, 4) is 0 Å². The third kappa shape index (κ3) is 3.06. The number of fused-ring (bicyclic) bond motifs is 2. The molecule has 0 saturated carbocycles. The lowest BCUT2D eigenvalue weighted by Gasteiger charge is -2.32. The Morgan fingerprint density at radius 3 is 2.04 bits per heavy atom. The Labute approximate surface area is 155 Å². The lowest BCUT2D eigenvalue weighted by molar-refractivity contribution is 0.245. The molecule has 2 amide bonds. The van der Waals surface area contributed by atoms with Gasteiger partial charge in [-0.15, -0.1) is 0 Å². The van der Waals surface area contributed by atoms with Crippen molar-refractivity contribution in [2.45, 2.75) is 22.8 Å². The van der Waals surface area contributed by atoms with Crippen LogP contribution in [-0.4, -0.2) is 6.03 Å². The van der Waals surface area contributed by atoms with E-state index in [-0.39, 0.29) is 17.9 Å². The zero-order valence-electron chi connectivity index (χ0n) is 14.1. The van der Waals surface area contributed by atoms with Gasteiger partial charge in [-0.05, 0) is 48.9 Å². The molecule has 1 heterocycles. The number of hydrogen-bond donors (Lipinski definition) is 1. The molecule has 3 nitrogen and oxygen atoms in total. The van der Waals surface area contributed by atoms with Crippen molar-refractivity contribution in [2.75, 3.05) is 4.90 Å². The van der Waals surface area contributed by atoms with Crippen LogP contribution in [0.25, 0.3) is 0 Å². The second-order valence-electron chi connectivity index (χ2n) is 6.10. The van der Waals surface area contributed by atoms with Gasteiger partial charge in [0.2, 0.25) is 0 Å². The second kappa shape index (κ2) is 6.84. The number of rotatable bonds is 2. The Kier molecular flexibility index (Phi) is 4.39. The van der Waals surface area contributed by atoms with Crippen molar-refractivity contribution in [1.29, 1.82) is 0 Å². The van der Waals surface area contributed by atoms with E-state index in [1.807, 2.05) is 55.5 Å². The van der Waals surface area contributed by atoms with Gasteiger partial charge in [0, 0.05) is 9.79 Å². The molecule has 5 heteroatoms. The fourth-order valence-corrected chi connectivity index (χ4v) is 4.07. The van der Waals surface area contributed by atoms with Gasteiger partial charge in [-0.2, -0.15) is 0 Å². The fraction of sp³-hybridized carbons (Fsp3) is 0.0952. The minimum absolute atomic E-state index is 0.206. The first-order chi connectivity index (χ1) is 12.6. The monoisotopic (exact) mass is 364 g/mol. The summed E-state index contributed by atoms with van der Waals surface area (Å²) in [6.45, 7) is 1.89. The fourth-order valence-electron chi connectivity index (χ4n) is 3.01. The van der Waals surface area contributed by atoms with Crippen LogP contribution in [0.2, 0.25) is 0 Å². The predicted molar refractivity (Wildman–Crippen MR) is 102 cm³/mol. The highest BCUT2D eigenvalue weighted by Crippen LogP contribution is 2.47. The number of nitrogens with one attached hydrogen (secondary N) is 1. The third-order valence-electron chi connectivity index (χ3n) is 4.35. The number of urea groups is 1. The highest BCUT2D eigenvalue weighted by Gasteiger charge is 2.28. The standard InChI is InChI=1S/C21H17FN2OS/c1-14(15-10-12-16(22)13-11-15)23-21(25)24-17-6-2-4-8-19(17)26-20-9-5-3-7-18(20)24/h2-14H,1H3,(H,23,25)/t14-/m0/s1. The molecule has 1 atom stereocenters. The lowest BCUT2D eigenvalue weighted by atomic mass is 10.1. The number of carbonyl (C=O) groups excluding carboxylic acids is 1. The Bertz CT molecular complexity index is 913. The van der Waals surface area contributed by atoms with E-state index in [9.17, 15) is 9.18 Å². The molecule has 4 rings (SSSR count). The average Bonchev–Trinajstić information content (AvgIpc) is 2.66. The Morgan fingerprint density at radius 1 is 0.923 bits per heavy atom. The first-order valence-corrected chi connectivity index (χ1v) is 9.17. The zero-order chi connectivity index (χ0) is 18.1. The molecule has 0 fully saturated rings. The van der Waals surface area contributed by atoms with Crippen LogP contribution in [0.1, 0.15) is 18.5 Å². The molecular weight excluding hydrogens is 347 g/mol. The minimum Gasteiger partial charge on any atom is -0.331 e. The van der Waals surface area contributed by atoms with E-state index in [4.69, 9.17) is 0 Å². The predicted octanol–water partition coefficient (Wildman–Crippen LogP) is 5.90. The smallest absolute Gasteiger partial charge is 0.327 e. The topological polar surface area (TPSA) is 32.3 Å². The Hall–Kier alpha value is -2.79. The van der Waals surface area contributed by atoms with E-state index in [0.717, 1.165) is 26.7 Å². The van der Waals surface area contributed by atoms with Crippen LogP contribution in [0, 0.1) is 5.82 Å². The van der Waals surface area contributed by atoms with Crippen LogP contribution >= 0.6 is 11.8 Å². The van der Waals surface area contributed by atoms with E-state index in [1.165, 1.54) is 12.1 Å². The first kappa shape index (κ1) is 16.7. The normalized spacial score (nSPS) is 13.5. The van der Waals surface area contributed by atoms with Gasteiger partial charge in [0.15, 0.2) is 0 Å². The Balaban J connectivity index is 1.66. The van der Waals surface area contributed by atoms with Gasteiger partial charge in [-0.1, -0.05) is 48.2 Å². The van der Waals surface area contributed by atoms with Gasteiger partial charge in [0.25, 0.3) is 0 Å². The molecule has 3 aromatic carbocycles. The van der Waals surface area contributed by atoms with E-state index >= 15 is 0 Å².